The van der Waals surface area contributed by atoms with Crippen molar-refractivity contribution in [3.05, 3.63) is 45.3 Å². The van der Waals surface area contributed by atoms with E-state index in [1.165, 1.54) is 23.9 Å². The van der Waals surface area contributed by atoms with Crippen LogP contribution in [0.2, 0.25) is 0 Å². The number of nitrogens with one attached hydrogen (secondary N) is 3. The quantitative estimate of drug-likeness (QED) is 0.173. The van der Waals surface area contributed by atoms with Gasteiger partial charge in [-0.1, -0.05) is 12.2 Å². The number of hydrogen-bond acceptors (Lipinski definition) is 8. The zero-order valence-electron chi connectivity index (χ0n) is 19.5. The Bertz CT molecular complexity index is 979. The van der Waals surface area contributed by atoms with Crippen LogP contribution in [-0.4, -0.2) is 67.1 Å². The van der Waals surface area contributed by atoms with Crippen molar-refractivity contribution in [1.82, 2.24) is 20.2 Å². The second-order valence-corrected chi connectivity index (χ2v) is 9.14. The number of nitrogens with zero attached hydrogens (tertiary/aromatic N) is 1. The fourth-order valence-electron chi connectivity index (χ4n) is 3.64. The molecule has 2 rings (SSSR count). The van der Waals surface area contributed by atoms with Crippen LogP contribution >= 0.6 is 7.82 Å². The van der Waals surface area contributed by atoms with E-state index in [1.807, 2.05) is 12.2 Å². The van der Waals surface area contributed by atoms with Crippen LogP contribution in [0.3, 0.4) is 0 Å². The normalized spacial score (nSPS) is 24.2. The Balaban J connectivity index is 2.15. The number of carbonyl (C=O) groups excluding carboxylic acids is 1. The van der Waals surface area contributed by atoms with E-state index in [0.717, 1.165) is 26.4 Å². The molecule has 2 heterocycles. The predicted octanol–water partition coefficient (Wildman–Crippen LogP) is 0.874. The summed E-state index contributed by atoms with van der Waals surface area (Å²) in [5, 5.41) is 5.19. The van der Waals surface area contributed by atoms with E-state index in [4.69, 9.17) is 14.0 Å². The van der Waals surface area contributed by atoms with Crippen molar-refractivity contribution in [2.45, 2.75) is 44.1 Å². The lowest BCUT2D eigenvalue weighted by Crippen LogP contribution is -2.35. The highest BCUT2D eigenvalue weighted by atomic mass is 31.2. The number of aromatic amines is 1. The van der Waals surface area contributed by atoms with Gasteiger partial charge in [0.05, 0.1) is 6.61 Å². The van der Waals surface area contributed by atoms with Crippen molar-refractivity contribution in [3.63, 3.8) is 0 Å². The third-order valence-corrected chi connectivity index (χ3v) is 6.27. The number of amides is 2. The minimum Gasteiger partial charge on any atom is -0.382 e. The van der Waals surface area contributed by atoms with Gasteiger partial charge in [0.2, 0.25) is 0 Å². The van der Waals surface area contributed by atoms with Crippen molar-refractivity contribution < 1.29 is 32.8 Å². The third kappa shape index (κ3) is 8.19. The summed E-state index contributed by atoms with van der Waals surface area (Å²) in [6.07, 6.45) is 5.29. The largest absolute Gasteiger partial charge is 0.472 e. The van der Waals surface area contributed by atoms with Crippen LogP contribution in [0.5, 0.6) is 0 Å². The maximum atomic E-state index is 12.4. The first kappa shape index (κ1) is 28.0. The van der Waals surface area contributed by atoms with E-state index in [9.17, 15) is 23.8 Å². The zero-order valence-corrected chi connectivity index (χ0v) is 20.4. The van der Waals surface area contributed by atoms with Crippen LogP contribution in [-0.2, 0) is 23.1 Å². The summed E-state index contributed by atoms with van der Waals surface area (Å²) < 4.78 is 34.5. The van der Waals surface area contributed by atoms with Gasteiger partial charge >= 0.3 is 19.5 Å². The van der Waals surface area contributed by atoms with E-state index < -0.39 is 43.4 Å². The van der Waals surface area contributed by atoms with Gasteiger partial charge in [0, 0.05) is 46.0 Å². The first-order chi connectivity index (χ1) is 16.2. The molecule has 2 unspecified atom stereocenters. The van der Waals surface area contributed by atoms with Gasteiger partial charge in [0.15, 0.2) is 0 Å². The Morgan fingerprint density at radius 1 is 1.32 bits per heavy atom. The summed E-state index contributed by atoms with van der Waals surface area (Å²) in [5.74, 6) is -0.564. The topological polar surface area (TPSA) is 170 Å². The summed E-state index contributed by atoms with van der Waals surface area (Å²) in [4.78, 5) is 47.2. The summed E-state index contributed by atoms with van der Waals surface area (Å²) in [5.41, 5.74) is -1.23. The van der Waals surface area contributed by atoms with Gasteiger partial charge in [-0.3, -0.25) is 23.4 Å². The lowest BCUT2D eigenvalue weighted by atomic mass is 9.95. The molecule has 0 aromatic carbocycles. The van der Waals surface area contributed by atoms with Crippen molar-refractivity contribution >= 4 is 13.9 Å². The molecule has 1 fully saturated rings. The molecule has 1 aromatic heterocycles. The lowest BCUT2D eigenvalue weighted by Gasteiger charge is -2.25. The van der Waals surface area contributed by atoms with Crippen molar-refractivity contribution in [1.29, 1.82) is 0 Å². The van der Waals surface area contributed by atoms with Crippen LogP contribution in [0, 0.1) is 5.92 Å². The fourth-order valence-corrected chi connectivity index (χ4v) is 4.32. The van der Waals surface area contributed by atoms with Gasteiger partial charge in [-0.05, 0) is 25.7 Å². The molecule has 4 N–H and O–H groups in total. The third-order valence-electron chi connectivity index (χ3n) is 5.30. The number of carbonyl (C=O) groups is 1. The zero-order chi connectivity index (χ0) is 25.1. The average molecular weight is 504 g/mol. The van der Waals surface area contributed by atoms with Gasteiger partial charge in [-0.15, -0.1) is 0 Å². The summed E-state index contributed by atoms with van der Waals surface area (Å²) in [6.45, 7) is 0.597. The highest BCUT2D eigenvalue weighted by molar-refractivity contribution is 7.47. The smallest absolute Gasteiger partial charge is 0.382 e. The van der Waals surface area contributed by atoms with Crippen LogP contribution in [0.15, 0.2) is 34.0 Å². The number of H-pyrrole nitrogens is 1. The molecule has 5 atom stereocenters. The Labute approximate surface area is 197 Å². The molecule has 0 bridgehead atoms. The van der Waals surface area contributed by atoms with Crippen molar-refractivity contribution in [3.8, 4) is 0 Å². The molecule has 34 heavy (non-hydrogen) atoms. The maximum absolute atomic E-state index is 12.4. The van der Waals surface area contributed by atoms with Crippen LogP contribution in [0.1, 0.15) is 31.9 Å². The molecule has 0 radical (unpaired) electrons. The second kappa shape index (κ2) is 13.6. The van der Waals surface area contributed by atoms with Crippen molar-refractivity contribution in [2.24, 2.45) is 5.92 Å². The molecule has 0 spiro atoms. The number of phosphoric ester groups is 1. The number of urea groups is 1. The van der Waals surface area contributed by atoms with E-state index in [0.29, 0.717) is 13.0 Å². The molecule has 0 aliphatic carbocycles. The molecule has 2 amide bonds. The fraction of sp³-hybridized carbons (Fsp3) is 0.650. The molecule has 1 aliphatic heterocycles. The maximum Gasteiger partial charge on any atom is 0.472 e. The molecule has 14 heteroatoms. The van der Waals surface area contributed by atoms with Crippen molar-refractivity contribution in [2.75, 3.05) is 34.4 Å². The van der Waals surface area contributed by atoms with E-state index in [-0.39, 0.29) is 12.6 Å². The summed E-state index contributed by atoms with van der Waals surface area (Å²) >= 11 is 0. The Hall–Kier alpha value is -2.28. The molecule has 0 saturated carbocycles. The summed E-state index contributed by atoms with van der Waals surface area (Å²) in [6, 6.07) is 0.963. The minimum atomic E-state index is -4.37. The molecular formula is C20H33N4O9P. The standard InChI is InChI=1S/C20H33N4O9P/c1-21-19(26)22-11-8-6-4-5-7-9-14-17(33-34(28,29)31-3)15(13-30-2)32-18(14)24-12-10-16(25)23-20(24)27/h5,7,10,12,14-15,17-18H,4,6,8-9,11,13H2,1-3H3,(H,28,29)(H2,21,22,26)(H,23,25,27)/b7-5+/t14-,15+,17?,18+/m0/s1. The highest BCUT2D eigenvalue weighted by Crippen LogP contribution is 2.50. The first-order valence-corrected chi connectivity index (χ1v) is 12.3. The Morgan fingerprint density at radius 2 is 2.09 bits per heavy atom. The summed E-state index contributed by atoms with van der Waals surface area (Å²) in [7, 11) is -0.318. The number of ether oxygens (including phenoxy) is 2. The monoisotopic (exact) mass is 504 g/mol. The number of phosphoric acid groups is 1. The molecular weight excluding hydrogens is 471 g/mol. The average Bonchev–Trinajstić information content (AvgIpc) is 3.11. The van der Waals surface area contributed by atoms with Crippen LogP contribution < -0.4 is 21.9 Å². The lowest BCUT2D eigenvalue weighted by molar-refractivity contribution is -0.0561. The Kier molecular flexibility index (Phi) is 11.2. The minimum absolute atomic E-state index is 0.0432. The van der Waals surface area contributed by atoms with Gasteiger partial charge < -0.3 is 25.0 Å². The number of aromatic nitrogens is 2. The molecule has 1 aliphatic rings. The number of allylic oxidation sites excluding steroid dienone is 2. The number of methoxy groups -OCH3 is 1. The molecule has 1 aromatic rings. The van der Waals surface area contributed by atoms with E-state index in [1.54, 1.807) is 7.05 Å². The van der Waals surface area contributed by atoms with E-state index >= 15 is 0 Å². The van der Waals surface area contributed by atoms with Gasteiger partial charge in [-0.2, -0.15) is 0 Å². The van der Waals surface area contributed by atoms with Crippen LogP contribution in [0.25, 0.3) is 0 Å². The number of hydrogen-bond donors (Lipinski definition) is 4. The second-order valence-electron chi connectivity index (χ2n) is 7.63. The molecule has 192 valence electrons. The number of rotatable bonds is 13. The van der Waals surface area contributed by atoms with Gasteiger partial charge in [-0.25, -0.2) is 14.2 Å². The van der Waals surface area contributed by atoms with E-state index in [2.05, 4.69) is 20.1 Å². The van der Waals surface area contributed by atoms with Gasteiger partial charge in [0.25, 0.3) is 5.56 Å². The molecule has 13 nitrogen and oxygen atoms in total. The predicted molar refractivity (Wildman–Crippen MR) is 122 cm³/mol. The number of unbranched alkanes of at least 4 members (excludes halogenated alkanes) is 2. The van der Waals surface area contributed by atoms with Gasteiger partial charge in [0.1, 0.15) is 18.4 Å². The first-order valence-electron chi connectivity index (χ1n) is 10.9. The van der Waals surface area contributed by atoms with Crippen LogP contribution in [0.4, 0.5) is 4.79 Å². The molecule has 1 saturated heterocycles. The highest BCUT2D eigenvalue weighted by Gasteiger charge is 2.48. The SMILES string of the molecule is CNC(=O)NCCCC/C=C/C[C@H]1C(OP(=O)(O)OC)[C@@H](COC)O[C@H]1n1ccc(=O)[nH]c1=O. The Morgan fingerprint density at radius 3 is 2.74 bits per heavy atom.